The Balaban J connectivity index is 1.52. The minimum Gasteiger partial charge on any atom is -0.481 e. The number of amides is 1. The summed E-state index contributed by atoms with van der Waals surface area (Å²) in [6.45, 7) is 7.51. The van der Waals surface area contributed by atoms with Crippen molar-refractivity contribution in [2.24, 2.45) is 15.9 Å². The van der Waals surface area contributed by atoms with Crippen LogP contribution in [-0.2, 0) is 16.1 Å². The highest BCUT2D eigenvalue weighted by Gasteiger charge is 2.20. The molecule has 236 valence electrons. The number of halogens is 2. The fourth-order valence-electron chi connectivity index (χ4n) is 5.04. The summed E-state index contributed by atoms with van der Waals surface area (Å²) in [5.41, 5.74) is 2.48. The lowest BCUT2D eigenvalue weighted by Gasteiger charge is -2.32. The van der Waals surface area contributed by atoms with Crippen LogP contribution < -0.4 is 15.4 Å². The van der Waals surface area contributed by atoms with Crippen molar-refractivity contribution in [3.05, 3.63) is 57.9 Å². The number of carbonyl (C=O) groups is 2. The van der Waals surface area contributed by atoms with Gasteiger partial charge in [0.25, 0.3) is 0 Å². The number of nitrogens with zero attached hydrogens (tertiary/aromatic N) is 5. The summed E-state index contributed by atoms with van der Waals surface area (Å²) in [6.07, 6.45) is 6.96. The first-order valence-electron chi connectivity index (χ1n) is 14.7. The number of hydrogen-bond donors (Lipinski definition) is 3. The molecule has 11 nitrogen and oxygen atoms in total. The van der Waals surface area contributed by atoms with Gasteiger partial charge < -0.3 is 20.5 Å². The molecule has 0 radical (unpaired) electrons. The van der Waals surface area contributed by atoms with Gasteiger partial charge in [0, 0.05) is 67.5 Å². The van der Waals surface area contributed by atoms with Crippen molar-refractivity contribution in [1.82, 2.24) is 25.4 Å². The quantitative estimate of drug-likeness (QED) is 0.353. The molecule has 2 aliphatic rings. The molecule has 13 heteroatoms. The molecule has 4 rings (SSSR count). The van der Waals surface area contributed by atoms with Crippen molar-refractivity contribution >= 4 is 47.6 Å². The van der Waals surface area contributed by atoms with Gasteiger partial charge in [0.1, 0.15) is 0 Å². The second-order valence-corrected chi connectivity index (χ2v) is 11.8. The number of carboxylic acid groups (broad SMARTS) is 1. The van der Waals surface area contributed by atoms with Gasteiger partial charge in [-0.15, -0.1) is 0 Å². The standard InChI is InChI=1S/C31H39Cl2N7O4/c1-22(41)37-17-23-2-7-40(8-3-23)20-24-12-29(25-14-26(32)16-27(33)15-25)38-30(13-24)44-28-18-34-5-10-39(9-4-31(42)43)11-6-35-21-36-19-28/h12-16,18-19,21,23H,2-11,17,20H2,1H3,(H,35,36)(H,37,41)(H,42,43). The predicted molar refractivity (Wildman–Crippen MR) is 174 cm³/mol. The van der Waals surface area contributed by atoms with Crippen LogP contribution in [0.25, 0.3) is 11.3 Å². The van der Waals surface area contributed by atoms with Gasteiger partial charge in [-0.05, 0) is 61.7 Å². The van der Waals surface area contributed by atoms with Crippen molar-refractivity contribution in [2.45, 2.75) is 32.7 Å². The summed E-state index contributed by atoms with van der Waals surface area (Å²) in [7, 11) is 0. The maximum atomic E-state index is 11.3. The number of likely N-dealkylation sites (tertiary alicyclic amines) is 1. The molecule has 1 aromatic carbocycles. The first kappa shape index (κ1) is 33.4. The van der Waals surface area contributed by atoms with E-state index >= 15 is 0 Å². The van der Waals surface area contributed by atoms with Crippen molar-refractivity contribution in [1.29, 1.82) is 0 Å². The fourth-order valence-corrected chi connectivity index (χ4v) is 5.57. The molecule has 1 fully saturated rings. The number of pyridine rings is 1. The zero-order valence-corrected chi connectivity index (χ0v) is 26.4. The highest BCUT2D eigenvalue weighted by molar-refractivity contribution is 6.35. The third kappa shape index (κ3) is 11.5. The van der Waals surface area contributed by atoms with Crippen molar-refractivity contribution in [3.8, 4) is 17.1 Å². The van der Waals surface area contributed by atoms with Gasteiger partial charge in [-0.3, -0.25) is 29.4 Å². The van der Waals surface area contributed by atoms with Gasteiger partial charge in [0.2, 0.25) is 11.8 Å². The van der Waals surface area contributed by atoms with E-state index in [2.05, 4.69) is 25.5 Å². The largest absolute Gasteiger partial charge is 0.481 e. The normalized spacial score (nSPS) is 17.2. The second kappa shape index (κ2) is 17.1. The van der Waals surface area contributed by atoms with E-state index in [0.717, 1.165) is 37.1 Å². The Morgan fingerprint density at radius 3 is 2.45 bits per heavy atom. The van der Waals surface area contributed by atoms with Crippen LogP contribution in [0.15, 0.2) is 52.3 Å². The molecule has 2 aromatic rings. The Hall–Kier alpha value is -3.51. The molecule has 2 aliphatic heterocycles. The minimum absolute atomic E-state index is 0.00673. The van der Waals surface area contributed by atoms with Gasteiger partial charge in [-0.2, -0.15) is 0 Å². The molecule has 44 heavy (non-hydrogen) atoms. The van der Waals surface area contributed by atoms with Gasteiger partial charge in [-0.1, -0.05) is 23.2 Å². The average molecular weight is 645 g/mol. The number of aliphatic carboxylic acids is 1. The number of rotatable bonds is 10. The molecule has 1 amide bonds. The van der Waals surface area contributed by atoms with Crippen LogP contribution in [0.1, 0.15) is 31.7 Å². The van der Waals surface area contributed by atoms with E-state index in [1.54, 1.807) is 31.7 Å². The Labute approximate surface area is 268 Å². The third-order valence-corrected chi connectivity index (χ3v) is 7.77. The van der Waals surface area contributed by atoms with Crippen LogP contribution >= 0.6 is 23.2 Å². The molecule has 3 heterocycles. The highest BCUT2D eigenvalue weighted by Crippen LogP contribution is 2.30. The van der Waals surface area contributed by atoms with Crippen LogP contribution in [-0.4, -0.2) is 96.7 Å². The maximum Gasteiger partial charge on any atom is 0.304 e. The van der Waals surface area contributed by atoms with E-state index in [-0.39, 0.29) is 12.3 Å². The summed E-state index contributed by atoms with van der Waals surface area (Å²) in [6, 6.07) is 9.27. The molecule has 1 saturated heterocycles. The Morgan fingerprint density at radius 1 is 1.02 bits per heavy atom. The van der Waals surface area contributed by atoms with Crippen molar-refractivity contribution < 1.29 is 19.4 Å². The molecule has 3 N–H and O–H groups in total. The molecule has 0 atom stereocenters. The monoisotopic (exact) mass is 643 g/mol. The second-order valence-electron chi connectivity index (χ2n) is 10.9. The van der Waals surface area contributed by atoms with E-state index in [1.807, 2.05) is 29.2 Å². The molecule has 0 saturated carbocycles. The maximum absolute atomic E-state index is 11.3. The van der Waals surface area contributed by atoms with Crippen LogP contribution in [0.4, 0.5) is 0 Å². The Morgan fingerprint density at radius 2 is 1.75 bits per heavy atom. The van der Waals surface area contributed by atoms with Gasteiger partial charge in [0.05, 0.1) is 37.8 Å². The SMILES string of the molecule is CC(=O)NCC1CCN(Cc2cc(OC3=CNC=NCCN(CCC(=O)O)CCN=C3)nc(-c3cc(Cl)cc(Cl)c3)c2)CC1. The van der Waals surface area contributed by atoms with Crippen LogP contribution in [0.2, 0.25) is 10.0 Å². The average Bonchev–Trinajstić information content (AvgIpc) is 2.97. The van der Waals surface area contributed by atoms with E-state index < -0.39 is 5.97 Å². The van der Waals surface area contributed by atoms with E-state index in [1.165, 1.54) is 0 Å². The number of nitrogens with one attached hydrogen (secondary N) is 2. The van der Waals surface area contributed by atoms with Crippen LogP contribution in [0.3, 0.4) is 0 Å². The first-order chi connectivity index (χ1) is 21.2. The molecule has 0 unspecified atom stereocenters. The van der Waals surface area contributed by atoms with E-state index in [9.17, 15) is 9.59 Å². The van der Waals surface area contributed by atoms with Gasteiger partial charge >= 0.3 is 5.97 Å². The molecule has 1 aromatic heterocycles. The number of piperidine rings is 1. The van der Waals surface area contributed by atoms with Crippen molar-refractivity contribution in [3.63, 3.8) is 0 Å². The van der Waals surface area contributed by atoms with Crippen LogP contribution in [0.5, 0.6) is 5.88 Å². The Kier molecular flexibility index (Phi) is 13.0. The number of aromatic nitrogens is 1. The number of aliphatic imine (C=N–C) groups is 2. The lowest BCUT2D eigenvalue weighted by atomic mass is 9.96. The van der Waals surface area contributed by atoms with E-state index in [0.29, 0.717) is 79.1 Å². The van der Waals surface area contributed by atoms with E-state index in [4.69, 9.17) is 38.0 Å². The van der Waals surface area contributed by atoms with Gasteiger partial charge in [-0.25, -0.2) is 4.98 Å². The smallest absolute Gasteiger partial charge is 0.304 e. The molecular formula is C31H39Cl2N7O4. The first-order valence-corrected chi connectivity index (χ1v) is 15.5. The lowest BCUT2D eigenvalue weighted by molar-refractivity contribution is -0.137. The number of allylic oxidation sites excluding steroid dienone is 1. The predicted octanol–water partition coefficient (Wildman–Crippen LogP) is 4.10. The molecule has 0 spiro atoms. The summed E-state index contributed by atoms with van der Waals surface area (Å²) in [5.74, 6) is 0.480. The number of hydrogen-bond acceptors (Lipinski definition) is 9. The summed E-state index contributed by atoms with van der Waals surface area (Å²) >= 11 is 12.6. The zero-order valence-electron chi connectivity index (χ0n) is 24.8. The van der Waals surface area contributed by atoms with Crippen molar-refractivity contribution in [2.75, 3.05) is 52.4 Å². The number of carboxylic acids is 1. The number of carbonyl (C=O) groups excluding carboxylic acids is 1. The van der Waals surface area contributed by atoms with Gasteiger partial charge in [0.15, 0.2) is 5.76 Å². The minimum atomic E-state index is -0.830. The molecule has 0 bridgehead atoms. The Bertz CT molecular complexity index is 1360. The highest BCUT2D eigenvalue weighted by atomic mass is 35.5. The summed E-state index contributed by atoms with van der Waals surface area (Å²) in [4.78, 5) is 40.4. The summed E-state index contributed by atoms with van der Waals surface area (Å²) in [5, 5.41) is 16.0. The van der Waals surface area contributed by atoms with Crippen LogP contribution in [0, 0.1) is 5.92 Å². The summed E-state index contributed by atoms with van der Waals surface area (Å²) < 4.78 is 6.25. The number of benzene rings is 1. The third-order valence-electron chi connectivity index (χ3n) is 7.34. The number of ether oxygens (including phenoxy) is 1. The molecule has 0 aliphatic carbocycles. The topological polar surface area (TPSA) is 132 Å². The lowest BCUT2D eigenvalue weighted by Crippen LogP contribution is -2.37. The molecular weight excluding hydrogens is 605 g/mol. The zero-order chi connectivity index (χ0) is 31.3. The fraction of sp³-hybridized carbons (Fsp3) is 0.452.